The fraction of sp³-hybridized carbons (Fsp3) is 0.100. The molecule has 0 amide bonds. The lowest BCUT2D eigenvalue weighted by molar-refractivity contribution is 0.180. The van der Waals surface area contributed by atoms with E-state index < -0.39 is 16.1 Å². The number of nitrogen functional groups attached to an aromatic ring is 1. The van der Waals surface area contributed by atoms with E-state index in [4.69, 9.17) is 10.2 Å². The second-order valence-electron chi connectivity index (χ2n) is 9.16. The number of aromatic nitrogens is 1. The number of hydrogen-bond acceptors (Lipinski definition) is 7. The molecule has 1 atom stereocenters. The fourth-order valence-corrected chi connectivity index (χ4v) is 4.82. The van der Waals surface area contributed by atoms with E-state index >= 15 is 0 Å². The first kappa shape index (κ1) is 26.3. The number of sulfone groups is 1. The zero-order chi connectivity index (χ0) is 27.6. The molecule has 3 aromatic carbocycles. The Balaban J connectivity index is 1.45. The zero-order valence-corrected chi connectivity index (χ0v) is 21.8. The van der Waals surface area contributed by atoms with E-state index in [1.165, 1.54) is 18.4 Å². The summed E-state index contributed by atoms with van der Waals surface area (Å²) < 4.78 is 43.6. The molecule has 198 valence electrons. The molecule has 0 fully saturated rings. The van der Waals surface area contributed by atoms with Crippen molar-refractivity contribution >= 4 is 32.7 Å². The summed E-state index contributed by atoms with van der Waals surface area (Å²) in [6.07, 6.45) is 5.18. The first-order chi connectivity index (χ1) is 18.7. The number of furan rings is 1. The minimum atomic E-state index is -3.31. The van der Waals surface area contributed by atoms with Crippen LogP contribution in [0.1, 0.15) is 11.3 Å². The van der Waals surface area contributed by atoms with Gasteiger partial charge in [0, 0.05) is 23.4 Å². The van der Waals surface area contributed by atoms with Gasteiger partial charge in [-0.3, -0.25) is 5.32 Å². The fourth-order valence-electron chi connectivity index (χ4n) is 4.19. The number of nitrogens with two attached hydrogens (primary N) is 1. The van der Waals surface area contributed by atoms with Crippen molar-refractivity contribution < 1.29 is 22.3 Å². The molecular weight excluding hydrogens is 517 g/mol. The molecule has 4 N–H and O–H groups in total. The molecule has 0 aliphatic rings. The molecule has 2 heterocycles. The molecule has 0 saturated carbocycles. The lowest BCUT2D eigenvalue weighted by atomic mass is 9.97. The highest BCUT2D eigenvalue weighted by Crippen LogP contribution is 2.36. The van der Waals surface area contributed by atoms with Crippen LogP contribution >= 0.6 is 0 Å². The van der Waals surface area contributed by atoms with Gasteiger partial charge in [-0.2, -0.15) is 0 Å². The van der Waals surface area contributed by atoms with Crippen LogP contribution in [-0.4, -0.2) is 31.0 Å². The van der Waals surface area contributed by atoms with Crippen molar-refractivity contribution in [1.29, 1.82) is 0 Å². The monoisotopic (exact) mass is 543 g/mol. The molecule has 2 aromatic heterocycles. The van der Waals surface area contributed by atoms with Crippen molar-refractivity contribution in [3.05, 3.63) is 108 Å². The molecule has 7 nitrogen and oxygen atoms in total. The number of rotatable bonds is 8. The standard InChI is InChI=1S/C30H26FN3O4S/c1-39(36,37)26-10-6-20(7-11-26)22-14-23-15-25(18-34-29(35)13-3-19-2-12-28(32)33-17-19)38-30(23)27(16-22)21-4-8-24(31)9-5-21/h2-17,29,34-35H,18H2,1H3,(H2,32,33)/b13-3+. The van der Waals surface area contributed by atoms with Crippen molar-refractivity contribution in [2.45, 2.75) is 17.7 Å². The predicted octanol–water partition coefficient (Wildman–Crippen LogP) is 5.41. The van der Waals surface area contributed by atoms with Crippen LogP contribution in [0, 0.1) is 5.82 Å². The van der Waals surface area contributed by atoms with Gasteiger partial charge in [0.15, 0.2) is 9.84 Å². The third-order valence-electron chi connectivity index (χ3n) is 6.20. The predicted molar refractivity (Wildman–Crippen MR) is 151 cm³/mol. The summed E-state index contributed by atoms with van der Waals surface area (Å²) in [4.78, 5) is 4.26. The Labute approximate surface area is 225 Å². The Bertz CT molecular complexity index is 1750. The van der Waals surface area contributed by atoms with E-state index in [1.807, 2.05) is 18.2 Å². The van der Waals surface area contributed by atoms with Crippen LogP contribution < -0.4 is 11.1 Å². The average molecular weight is 544 g/mol. The largest absolute Gasteiger partial charge is 0.459 e. The number of benzene rings is 3. The molecule has 39 heavy (non-hydrogen) atoms. The Hall–Kier alpha value is -4.31. The summed E-state index contributed by atoms with van der Waals surface area (Å²) in [7, 11) is -3.31. The molecule has 1 unspecified atom stereocenters. The van der Waals surface area contributed by atoms with Gasteiger partial charge in [-0.15, -0.1) is 0 Å². The molecule has 0 aliphatic heterocycles. The number of hydrogen-bond donors (Lipinski definition) is 3. The zero-order valence-electron chi connectivity index (χ0n) is 21.0. The van der Waals surface area contributed by atoms with E-state index in [0.717, 1.165) is 33.2 Å². The van der Waals surface area contributed by atoms with Crippen LogP contribution in [0.4, 0.5) is 10.2 Å². The van der Waals surface area contributed by atoms with Crippen molar-refractivity contribution in [3.63, 3.8) is 0 Å². The van der Waals surface area contributed by atoms with E-state index in [9.17, 15) is 17.9 Å². The molecule has 0 saturated heterocycles. The van der Waals surface area contributed by atoms with Gasteiger partial charge in [-0.1, -0.05) is 30.3 Å². The second-order valence-corrected chi connectivity index (χ2v) is 11.2. The highest BCUT2D eigenvalue weighted by atomic mass is 32.2. The number of pyridine rings is 1. The van der Waals surface area contributed by atoms with Crippen molar-refractivity contribution in [2.24, 2.45) is 0 Å². The first-order valence-electron chi connectivity index (χ1n) is 12.1. The van der Waals surface area contributed by atoms with E-state index in [2.05, 4.69) is 10.3 Å². The van der Waals surface area contributed by atoms with E-state index in [-0.39, 0.29) is 17.3 Å². The van der Waals surface area contributed by atoms with Gasteiger partial charge in [0.25, 0.3) is 0 Å². The summed E-state index contributed by atoms with van der Waals surface area (Å²) in [5, 5.41) is 14.2. The summed E-state index contributed by atoms with van der Waals surface area (Å²) in [5.74, 6) is 0.674. The molecule has 0 radical (unpaired) electrons. The van der Waals surface area contributed by atoms with Gasteiger partial charge < -0.3 is 15.3 Å². The van der Waals surface area contributed by atoms with Crippen molar-refractivity contribution in [3.8, 4) is 22.3 Å². The summed E-state index contributed by atoms with van der Waals surface area (Å²) in [6, 6.07) is 22.1. The maximum Gasteiger partial charge on any atom is 0.175 e. The van der Waals surface area contributed by atoms with Crippen LogP contribution in [0.15, 0.2) is 100 Å². The maximum atomic E-state index is 13.6. The summed E-state index contributed by atoms with van der Waals surface area (Å²) >= 11 is 0. The van der Waals surface area contributed by atoms with E-state index in [0.29, 0.717) is 17.2 Å². The van der Waals surface area contributed by atoms with Gasteiger partial charge in [-0.05, 0) is 82.9 Å². The Morgan fingerprint density at radius 3 is 2.38 bits per heavy atom. The van der Waals surface area contributed by atoms with Gasteiger partial charge in [0.05, 0.1) is 11.4 Å². The summed E-state index contributed by atoms with van der Waals surface area (Å²) in [6.45, 7) is 0.251. The van der Waals surface area contributed by atoms with Crippen LogP contribution in [0.25, 0.3) is 39.3 Å². The number of aliphatic hydroxyl groups excluding tert-OH is 1. The quantitative estimate of drug-likeness (QED) is 0.224. The third-order valence-corrected chi connectivity index (χ3v) is 7.33. The lowest BCUT2D eigenvalue weighted by Gasteiger charge is -2.09. The van der Waals surface area contributed by atoms with Gasteiger partial charge in [0.1, 0.15) is 29.2 Å². The third kappa shape index (κ3) is 6.23. The lowest BCUT2D eigenvalue weighted by Crippen LogP contribution is -2.25. The molecule has 0 spiro atoms. The topological polar surface area (TPSA) is 118 Å². The Morgan fingerprint density at radius 1 is 1.00 bits per heavy atom. The first-order valence-corrected chi connectivity index (χ1v) is 14.0. The average Bonchev–Trinajstić information content (AvgIpc) is 3.34. The minimum Gasteiger partial charge on any atom is -0.459 e. The minimum absolute atomic E-state index is 0.239. The van der Waals surface area contributed by atoms with Crippen LogP contribution in [0.3, 0.4) is 0 Å². The molecule has 5 rings (SSSR count). The number of anilines is 1. The number of halogens is 1. The maximum absolute atomic E-state index is 13.6. The number of aliphatic hydroxyl groups is 1. The van der Waals surface area contributed by atoms with Crippen LogP contribution in [0.5, 0.6) is 0 Å². The van der Waals surface area contributed by atoms with E-state index in [1.54, 1.807) is 66.9 Å². The van der Waals surface area contributed by atoms with Gasteiger partial charge in [-0.25, -0.2) is 17.8 Å². The molecule has 0 bridgehead atoms. The Morgan fingerprint density at radius 2 is 1.72 bits per heavy atom. The molecule has 9 heteroatoms. The number of fused-ring (bicyclic) bond motifs is 1. The van der Waals surface area contributed by atoms with Crippen LogP contribution in [-0.2, 0) is 16.4 Å². The Kier molecular flexibility index (Phi) is 7.30. The van der Waals surface area contributed by atoms with Gasteiger partial charge in [0.2, 0.25) is 0 Å². The second kappa shape index (κ2) is 10.8. The SMILES string of the molecule is CS(=O)(=O)c1ccc(-c2cc(-c3ccc(F)cc3)c3oc(CNC(O)/C=C/c4ccc(N)nc4)cc3c2)cc1. The highest BCUT2D eigenvalue weighted by Gasteiger charge is 2.15. The normalized spacial score (nSPS) is 12.8. The molecular formula is C30H26FN3O4S. The van der Waals surface area contributed by atoms with Crippen LogP contribution in [0.2, 0.25) is 0 Å². The van der Waals surface area contributed by atoms with Crippen molar-refractivity contribution in [2.75, 3.05) is 12.0 Å². The van der Waals surface area contributed by atoms with Crippen molar-refractivity contribution in [1.82, 2.24) is 10.3 Å². The smallest absolute Gasteiger partial charge is 0.175 e. The number of nitrogens with one attached hydrogen (secondary N) is 1. The highest BCUT2D eigenvalue weighted by molar-refractivity contribution is 7.90. The number of nitrogens with zero attached hydrogens (tertiary/aromatic N) is 1. The summed E-state index contributed by atoms with van der Waals surface area (Å²) in [5.41, 5.74) is 10.2. The molecule has 0 aliphatic carbocycles. The molecule has 5 aromatic rings. The van der Waals surface area contributed by atoms with Gasteiger partial charge >= 0.3 is 0 Å².